The molecule has 1 heterocycles. The summed E-state index contributed by atoms with van der Waals surface area (Å²) in [5, 5.41) is 12.2. The van der Waals surface area contributed by atoms with Crippen molar-refractivity contribution in [3.05, 3.63) is 30.1 Å². The highest BCUT2D eigenvalue weighted by molar-refractivity contribution is 5.08. The van der Waals surface area contributed by atoms with Crippen LogP contribution in [0.4, 0.5) is 0 Å². The zero-order valence-electron chi connectivity index (χ0n) is 10.0. The fraction of sp³-hybridized carbons (Fsp3) is 0.538. The Labute approximate surface area is 97.5 Å². The zero-order chi connectivity index (χ0) is 11.9. The van der Waals surface area contributed by atoms with E-state index in [1.54, 1.807) is 12.4 Å². The van der Waals surface area contributed by atoms with E-state index < -0.39 is 0 Å². The van der Waals surface area contributed by atoms with E-state index in [1.807, 2.05) is 26.0 Å². The lowest BCUT2D eigenvalue weighted by molar-refractivity contribution is 0.426. The van der Waals surface area contributed by atoms with Crippen molar-refractivity contribution in [3.63, 3.8) is 0 Å². The number of aromatic nitrogens is 1. The van der Waals surface area contributed by atoms with Crippen molar-refractivity contribution in [1.29, 1.82) is 5.26 Å². The molecule has 0 aliphatic carbocycles. The van der Waals surface area contributed by atoms with E-state index in [1.165, 1.54) is 5.56 Å². The molecule has 0 aliphatic heterocycles. The van der Waals surface area contributed by atoms with Gasteiger partial charge in [-0.25, -0.2) is 0 Å². The molecular weight excluding hydrogens is 198 g/mol. The van der Waals surface area contributed by atoms with Crippen LogP contribution in [0.15, 0.2) is 24.5 Å². The van der Waals surface area contributed by atoms with Gasteiger partial charge in [0.2, 0.25) is 0 Å². The van der Waals surface area contributed by atoms with Crippen molar-refractivity contribution in [2.75, 3.05) is 6.54 Å². The highest BCUT2D eigenvalue weighted by Gasteiger charge is 2.15. The van der Waals surface area contributed by atoms with Crippen LogP contribution in [-0.4, -0.2) is 11.5 Å². The van der Waals surface area contributed by atoms with Gasteiger partial charge in [0.15, 0.2) is 0 Å². The lowest BCUT2D eigenvalue weighted by atomic mass is 9.90. The van der Waals surface area contributed by atoms with Crippen molar-refractivity contribution in [1.82, 2.24) is 10.3 Å². The van der Waals surface area contributed by atoms with Crippen LogP contribution in [0.5, 0.6) is 0 Å². The predicted octanol–water partition coefficient (Wildman–Crippen LogP) is 2.50. The Morgan fingerprint density at radius 3 is 2.69 bits per heavy atom. The van der Waals surface area contributed by atoms with Crippen LogP contribution in [-0.2, 0) is 6.54 Å². The second kappa shape index (κ2) is 6.24. The Hall–Kier alpha value is -1.40. The van der Waals surface area contributed by atoms with Crippen LogP contribution in [0.1, 0.15) is 32.3 Å². The van der Waals surface area contributed by atoms with Gasteiger partial charge >= 0.3 is 0 Å². The molecule has 0 radical (unpaired) electrons. The zero-order valence-corrected chi connectivity index (χ0v) is 10.0. The van der Waals surface area contributed by atoms with Gasteiger partial charge in [0.1, 0.15) is 0 Å². The van der Waals surface area contributed by atoms with Crippen molar-refractivity contribution < 1.29 is 0 Å². The number of pyridine rings is 1. The summed E-state index contributed by atoms with van der Waals surface area (Å²) in [5.41, 5.74) is 1.05. The first-order valence-electron chi connectivity index (χ1n) is 5.65. The van der Waals surface area contributed by atoms with E-state index in [2.05, 4.69) is 16.4 Å². The van der Waals surface area contributed by atoms with E-state index >= 15 is 0 Å². The SMILES string of the molecule is CC(C)(C#N)CCCNCc1ccncc1. The van der Waals surface area contributed by atoms with Crippen molar-refractivity contribution in [2.24, 2.45) is 5.41 Å². The van der Waals surface area contributed by atoms with Crippen LogP contribution < -0.4 is 5.32 Å². The molecule has 0 aromatic carbocycles. The molecule has 1 aromatic heterocycles. The summed E-state index contributed by atoms with van der Waals surface area (Å²) in [4.78, 5) is 3.97. The van der Waals surface area contributed by atoms with Crippen molar-refractivity contribution in [2.45, 2.75) is 33.2 Å². The fourth-order valence-corrected chi connectivity index (χ4v) is 1.44. The minimum atomic E-state index is -0.196. The fourth-order valence-electron chi connectivity index (χ4n) is 1.44. The quantitative estimate of drug-likeness (QED) is 0.745. The van der Waals surface area contributed by atoms with Gasteiger partial charge in [-0.3, -0.25) is 4.98 Å². The third kappa shape index (κ3) is 4.90. The number of nitrogens with zero attached hydrogens (tertiary/aromatic N) is 2. The summed E-state index contributed by atoms with van der Waals surface area (Å²) >= 11 is 0. The second-order valence-corrected chi connectivity index (χ2v) is 4.63. The molecule has 1 N–H and O–H groups in total. The third-order valence-electron chi connectivity index (χ3n) is 2.54. The Morgan fingerprint density at radius 1 is 1.38 bits per heavy atom. The smallest absolute Gasteiger partial charge is 0.0683 e. The molecule has 0 saturated carbocycles. The number of nitrogens with one attached hydrogen (secondary N) is 1. The largest absolute Gasteiger partial charge is 0.313 e. The van der Waals surface area contributed by atoms with Gasteiger partial charge in [-0.1, -0.05) is 0 Å². The molecule has 1 rings (SSSR count). The van der Waals surface area contributed by atoms with E-state index in [-0.39, 0.29) is 5.41 Å². The average Bonchev–Trinajstić information content (AvgIpc) is 2.30. The van der Waals surface area contributed by atoms with Gasteiger partial charge in [0.25, 0.3) is 0 Å². The molecular formula is C13H19N3. The Balaban J connectivity index is 2.12. The minimum absolute atomic E-state index is 0.196. The topological polar surface area (TPSA) is 48.7 Å². The number of rotatable bonds is 6. The number of hydrogen-bond acceptors (Lipinski definition) is 3. The predicted molar refractivity (Wildman–Crippen MR) is 64.6 cm³/mol. The second-order valence-electron chi connectivity index (χ2n) is 4.63. The molecule has 0 unspecified atom stereocenters. The maximum atomic E-state index is 8.85. The molecule has 0 fully saturated rings. The molecule has 3 nitrogen and oxygen atoms in total. The summed E-state index contributed by atoms with van der Waals surface area (Å²) in [6.07, 6.45) is 5.57. The van der Waals surface area contributed by atoms with E-state index in [4.69, 9.17) is 5.26 Å². The van der Waals surface area contributed by atoms with Crippen LogP contribution in [0.25, 0.3) is 0 Å². The maximum absolute atomic E-state index is 8.85. The molecule has 0 aliphatic rings. The monoisotopic (exact) mass is 217 g/mol. The van der Waals surface area contributed by atoms with Gasteiger partial charge in [0.05, 0.1) is 11.5 Å². The standard InChI is InChI=1S/C13H19N3/c1-13(2,11-14)6-3-7-16-10-12-4-8-15-9-5-12/h4-5,8-9,16H,3,6-7,10H2,1-2H3. The Morgan fingerprint density at radius 2 is 2.06 bits per heavy atom. The summed E-state index contributed by atoms with van der Waals surface area (Å²) in [6, 6.07) is 6.33. The first-order chi connectivity index (χ1) is 7.64. The Kier molecular flexibility index (Phi) is 4.94. The number of hydrogen-bond donors (Lipinski definition) is 1. The molecule has 3 heteroatoms. The van der Waals surface area contributed by atoms with E-state index in [0.29, 0.717) is 0 Å². The molecule has 16 heavy (non-hydrogen) atoms. The van der Waals surface area contributed by atoms with Gasteiger partial charge in [-0.2, -0.15) is 5.26 Å². The summed E-state index contributed by atoms with van der Waals surface area (Å²) in [6.45, 7) is 5.79. The first kappa shape index (κ1) is 12.7. The molecule has 86 valence electrons. The van der Waals surface area contributed by atoms with Crippen LogP contribution >= 0.6 is 0 Å². The normalized spacial score (nSPS) is 11.1. The Bertz CT molecular complexity index is 338. The van der Waals surface area contributed by atoms with Crippen LogP contribution in [0.3, 0.4) is 0 Å². The van der Waals surface area contributed by atoms with Gasteiger partial charge < -0.3 is 5.32 Å². The van der Waals surface area contributed by atoms with Gasteiger partial charge in [-0.15, -0.1) is 0 Å². The van der Waals surface area contributed by atoms with Gasteiger partial charge in [0, 0.05) is 18.9 Å². The van der Waals surface area contributed by atoms with Gasteiger partial charge in [-0.05, 0) is 50.9 Å². The molecule has 1 aromatic rings. The molecule has 0 atom stereocenters. The third-order valence-corrected chi connectivity index (χ3v) is 2.54. The molecule has 0 spiro atoms. The molecule has 0 bridgehead atoms. The molecule has 0 saturated heterocycles. The van der Waals surface area contributed by atoms with Crippen LogP contribution in [0.2, 0.25) is 0 Å². The van der Waals surface area contributed by atoms with Crippen molar-refractivity contribution in [3.8, 4) is 6.07 Å². The minimum Gasteiger partial charge on any atom is -0.313 e. The average molecular weight is 217 g/mol. The van der Waals surface area contributed by atoms with E-state index in [0.717, 1.165) is 25.9 Å². The lowest BCUT2D eigenvalue weighted by Gasteiger charge is -2.14. The summed E-state index contributed by atoms with van der Waals surface area (Å²) in [7, 11) is 0. The maximum Gasteiger partial charge on any atom is 0.0683 e. The van der Waals surface area contributed by atoms with Crippen LogP contribution in [0, 0.1) is 16.7 Å². The highest BCUT2D eigenvalue weighted by atomic mass is 14.8. The highest BCUT2D eigenvalue weighted by Crippen LogP contribution is 2.19. The summed E-state index contributed by atoms with van der Waals surface area (Å²) in [5.74, 6) is 0. The number of nitriles is 1. The van der Waals surface area contributed by atoms with E-state index in [9.17, 15) is 0 Å². The first-order valence-corrected chi connectivity index (χ1v) is 5.65. The lowest BCUT2D eigenvalue weighted by Crippen LogP contribution is -2.17. The summed E-state index contributed by atoms with van der Waals surface area (Å²) < 4.78 is 0. The van der Waals surface area contributed by atoms with Crippen molar-refractivity contribution >= 4 is 0 Å². The molecule has 0 amide bonds.